The third kappa shape index (κ3) is 5.88. The van der Waals surface area contributed by atoms with E-state index in [0.29, 0.717) is 23.7 Å². The predicted octanol–water partition coefficient (Wildman–Crippen LogP) is 6.16. The Morgan fingerprint density at radius 3 is 2.69 bits per heavy atom. The second-order valence-corrected chi connectivity index (χ2v) is 10.4. The number of benzene rings is 2. The van der Waals surface area contributed by atoms with Gasteiger partial charge in [0.25, 0.3) is 5.91 Å². The van der Waals surface area contributed by atoms with Gasteiger partial charge in [-0.05, 0) is 74.0 Å². The van der Waals surface area contributed by atoms with Gasteiger partial charge in [0.2, 0.25) is 5.91 Å². The van der Waals surface area contributed by atoms with Crippen LogP contribution in [-0.2, 0) is 11.2 Å². The van der Waals surface area contributed by atoms with Gasteiger partial charge in [-0.3, -0.25) is 9.59 Å². The highest BCUT2D eigenvalue weighted by molar-refractivity contribution is 7.10. The Morgan fingerprint density at radius 1 is 1.20 bits per heavy atom. The molecule has 0 radical (unpaired) electrons. The van der Waals surface area contributed by atoms with Crippen molar-refractivity contribution in [2.45, 2.75) is 45.7 Å². The molecule has 1 aliphatic heterocycles. The first kappa shape index (κ1) is 25.3. The zero-order valence-electron chi connectivity index (χ0n) is 20.4. The maximum absolute atomic E-state index is 13.7. The van der Waals surface area contributed by atoms with Crippen molar-refractivity contribution in [3.63, 3.8) is 0 Å². The third-order valence-corrected chi connectivity index (χ3v) is 7.84. The Kier molecular flexibility index (Phi) is 8.14. The van der Waals surface area contributed by atoms with Crippen molar-refractivity contribution in [1.82, 2.24) is 9.80 Å². The first-order chi connectivity index (χ1) is 16.9. The Bertz CT molecular complexity index is 1180. The minimum absolute atomic E-state index is 0.0147. The van der Waals surface area contributed by atoms with Crippen LogP contribution in [0.3, 0.4) is 0 Å². The van der Waals surface area contributed by atoms with Gasteiger partial charge in [0.15, 0.2) is 0 Å². The fourth-order valence-electron chi connectivity index (χ4n) is 4.36. The van der Waals surface area contributed by atoms with E-state index in [1.807, 2.05) is 49.9 Å². The maximum Gasteiger partial charge on any atom is 0.254 e. The van der Waals surface area contributed by atoms with E-state index in [0.717, 1.165) is 24.2 Å². The number of fused-ring (bicyclic) bond motifs is 1. The van der Waals surface area contributed by atoms with Crippen molar-refractivity contribution in [2.75, 3.05) is 19.7 Å². The minimum atomic E-state index is -0.196. The number of hydrogen-bond acceptors (Lipinski definition) is 4. The number of nitrogens with zero attached hydrogens (tertiary/aromatic N) is 2. The molecule has 0 saturated heterocycles. The third-order valence-electron chi connectivity index (χ3n) is 6.60. The van der Waals surface area contributed by atoms with Crippen LogP contribution in [0.25, 0.3) is 0 Å². The fourth-order valence-corrected chi connectivity index (χ4v) is 5.47. The molecule has 2 aromatic carbocycles. The van der Waals surface area contributed by atoms with E-state index in [4.69, 9.17) is 16.3 Å². The smallest absolute Gasteiger partial charge is 0.254 e. The first-order valence-electron chi connectivity index (χ1n) is 12.0. The topological polar surface area (TPSA) is 49.9 Å². The quantitative estimate of drug-likeness (QED) is 0.365. The molecule has 4 rings (SSSR count). The van der Waals surface area contributed by atoms with Gasteiger partial charge in [-0.25, -0.2) is 0 Å². The van der Waals surface area contributed by atoms with E-state index in [1.54, 1.807) is 40.5 Å². The van der Waals surface area contributed by atoms with Gasteiger partial charge in [-0.1, -0.05) is 42.3 Å². The van der Waals surface area contributed by atoms with Crippen LogP contribution in [0, 0.1) is 6.92 Å². The van der Waals surface area contributed by atoms with Crippen LogP contribution in [0.15, 0.2) is 60.0 Å². The highest BCUT2D eigenvalue weighted by Gasteiger charge is 2.34. The summed E-state index contributed by atoms with van der Waals surface area (Å²) in [6, 6.07) is 16.6. The normalized spacial score (nSPS) is 15.9. The number of hydrogen-bond donors (Lipinski definition) is 0. The van der Waals surface area contributed by atoms with Crippen LogP contribution in [-0.4, -0.2) is 47.4 Å². The summed E-state index contributed by atoms with van der Waals surface area (Å²) in [6.07, 6.45) is 1.56. The summed E-state index contributed by atoms with van der Waals surface area (Å²) >= 11 is 7.85. The van der Waals surface area contributed by atoms with Crippen molar-refractivity contribution in [3.05, 3.63) is 86.6 Å². The Labute approximate surface area is 216 Å². The molecule has 3 aromatic rings. The Hall–Kier alpha value is -2.83. The molecule has 0 aliphatic carbocycles. The molecule has 5 nitrogen and oxygen atoms in total. The molecule has 0 spiro atoms. The van der Waals surface area contributed by atoms with Gasteiger partial charge in [0.1, 0.15) is 18.9 Å². The number of carbonyl (C=O) groups is 2. The SMILES string of the molecule is CCC(C)N(CC(=O)N1CCc2sccc2C1COc1ccc(C)cc1)C(=O)c1cccc(Cl)c1. The molecule has 35 heavy (non-hydrogen) atoms. The molecular formula is C28H31ClN2O3S. The van der Waals surface area contributed by atoms with Crippen LogP contribution in [0.1, 0.15) is 52.7 Å². The average molecular weight is 511 g/mol. The van der Waals surface area contributed by atoms with E-state index in [9.17, 15) is 9.59 Å². The zero-order chi connectivity index (χ0) is 24.9. The summed E-state index contributed by atoms with van der Waals surface area (Å²) in [7, 11) is 0. The second-order valence-electron chi connectivity index (χ2n) is 8.98. The first-order valence-corrected chi connectivity index (χ1v) is 13.2. The number of ether oxygens (including phenoxy) is 1. The molecule has 2 heterocycles. The van der Waals surface area contributed by atoms with Gasteiger partial charge >= 0.3 is 0 Å². The molecule has 2 unspecified atom stereocenters. The van der Waals surface area contributed by atoms with Gasteiger partial charge in [-0.15, -0.1) is 11.3 Å². The van der Waals surface area contributed by atoms with Gasteiger partial charge < -0.3 is 14.5 Å². The van der Waals surface area contributed by atoms with E-state index < -0.39 is 0 Å². The Morgan fingerprint density at radius 2 is 1.97 bits per heavy atom. The summed E-state index contributed by atoms with van der Waals surface area (Å²) in [5.74, 6) is 0.522. The summed E-state index contributed by atoms with van der Waals surface area (Å²) in [5.41, 5.74) is 2.79. The summed E-state index contributed by atoms with van der Waals surface area (Å²) in [5, 5.41) is 2.58. The van der Waals surface area contributed by atoms with Gasteiger partial charge in [0, 0.05) is 28.0 Å². The molecule has 2 atom stereocenters. The summed E-state index contributed by atoms with van der Waals surface area (Å²) in [6.45, 7) is 7.01. The monoisotopic (exact) mass is 510 g/mol. The number of thiophene rings is 1. The van der Waals surface area contributed by atoms with Crippen molar-refractivity contribution >= 4 is 34.8 Å². The molecule has 0 saturated carbocycles. The minimum Gasteiger partial charge on any atom is -0.491 e. The molecule has 0 N–H and O–H groups in total. The number of halogens is 1. The largest absolute Gasteiger partial charge is 0.491 e. The standard InChI is InChI=1S/C28H31ClN2O3S/c1-4-20(3)31(28(33)21-6-5-7-22(29)16-21)17-27(32)30-14-12-26-24(13-15-35-26)25(30)18-34-23-10-8-19(2)9-11-23/h5-11,13,15-16,20,25H,4,12,14,17-18H2,1-3H3. The lowest BCUT2D eigenvalue weighted by atomic mass is 10.00. The van der Waals surface area contributed by atoms with Crippen LogP contribution in [0.2, 0.25) is 5.02 Å². The summed E-state index contributed by atoms with van der Waals surface area (Å²) in [4.78, 5) is 31.9. The highest BCUT2D eigenvalue weighted by atomic mass is 35.5. The van der Waals surface area contributed by atoms with Crippen molar-refractivity contribution < 1.29 is 14.3 Å². The van der Waals surface area contributed by atoms with Crippen molar-refractivity contribution in [2.24, 2.45) is 0 Å². The predicted molar refractivity (Wildman–Crippen MR) is 141 cm³/mol. The van der Waals surface area contributed by atoms with Gasteiger partial charge in [0.05, 0.1) is 6.04 Å². The van der Waals surface area contributed by atoms with E-state index >= 15 is 0 Å². The molecule has 0 bridgehead atoms. The van der Waals surface area contributed by atoms with E-state index in [-0.39, 0.29) is 30.4 Å². The van der Waals surface area contributed by atoms with E-state index in [2.05, 4.69) is 11.4 Å². The van der Waals surface area contributed by atoms with Crippen LogP contribution in [0.4, 0.5) is 0 Å². The van der Waals surface area contributed by atoms with Crippen molar-refractivity contribution in [1.29, 1.82) is 0 Å². The van der Waals surface area contributed by atoms with Crippen LogP contribution in [0.5, 0.6) is 5.75 Å². The average Bonchev–Trinajstić information content (AvgIpc) is 3.35. The molecule has 0 fully saturated rings. The molecule has 184 valence electrons. The second kappa shape index (κ2) is 11.3. The van der Waals surface area contributed by atoms with Crippen LogP contribution < -0.4 is 4.74 Å². The van der Waals surface area contributed by atoms with Crippen LogP contribution >= 0.6 is 22.9 Å². The highest BCUT2D eigenvalue weighted by Crippen LogP contribution is 2.34. The number of amides is 2. The van der Waals surface area contributed by atoms with E-state index in [1.165, 1.54) is 10.4 Å². The summed E-state index contributed by atoms with van der Waals surface area (Å²) < 4.78 is 6.13. The maximum atomic E-state index is 13.7. The fraction of sp³-hybridized carbons (Fsp3) is 0.357. The molecule has 1 aromatic heterocycles. The zero-order valence-corrected chi connectivity index (χ0v) is 21.9. The number of rotatable bonds is 8. The number of aryl methyl sites for hydroxylation is 1. The molecule has 7 heteroatoms. The van der Waals surface area contributed by atoms with Crippen molar-refractivity contribution in [3.8, 4) is 5.75 Å². The lowest BCUT2D eigenvalue weighted by Crippen LogP contribution is -2.49. The Balaban J connectivity index is 1.54. The molecule has 1 aliphatic rings. The molecule has 2 amide bonds. The van der Waals surface area contributed by atoms with Gasteiger partial charge in [-0.2, -0.15) is 0 Å². The number of carbonyl (C=O) groups excluding carboxylic acids is 2. The molecular weight excluding hydrogens is 480 g/mol. The lowest BCUT2D eigenvalue weighted by molar-refractivity contribution is -0.136. The lowest BCUT2D eigenvalue weighted by Gasteiger charge is -2.38.